The molecule has 28 heavy (non-hydrogen) atoms. The quantitative estimate of drug-likeness (QED) is 0.657. The van der Waals surface area contributed by atoms with Crippen LogP contribution in [0.4, 0.5) is 0 Å². The summed E-state index contributed by atoms with van der Waals surface area (Å²) in [6, 6.07) is 19.7. The summed E-state index contributed by atoms with van der Waals surface area (Å²) in [5.74, 6) is -1.22. The van der Waals surface area contributed by atoms with Crippen LogP contribution in [0.1, 0.15) is 22.5 Å². The van der Waals surface area contributed by atoms with E-state index in [2.05, 4.69) is 9.97 Å². The van der Waals surface area contributed by atoms with E-state index in [9.17, 15) is 15.0 Å². The monoisotopic (exact) mass is 378 g/mol. The van der Waals surface area contributed by atoms with Gasteiger partial charge in [0, 0.05) is 11.4 Å². The highest BCUT2D eigenvalue weighted by Crippen LogP contribution is 2.37. The van der Waals surface area contributed by atoms with E-state index >= 15 is 0 Å². The summed E-state index contributed by atoms with van der Waals surface area (Å²) in [5, 5.41) is 20.6. The number of nitrogens with zero attached hydrogens (tertiary/aromatic N) is 2. The fraction of sp³-hybridized carbons (Fsp3) is 0.227. The second-order valence-electron chi connectivity index (χ2n) is 6.63. The van der Waals surface area contributed by atoms with Crippen molar-refractivity contribution in [3.8, 4) is 6.01 Å². The minimum atomic E-state index is -1.44. The van der Waals surface area contributed by atoms with E-state index in [1.54, 1.807) is 68.4 Å². The molecule has 0 bridgehead atoms. The van der Waals surface area contributed by atoms with Crippen LogP contribution >= 0.6 is 0 Å². The predicted octanol–water partition coefficient (Wildman–Crippen LogP) is 2.90. The second kappa shape index (κ2) is 8.19. The number of hydrogen-bond acceptors (Lipinski definition) is 5. The van der Waals surface area contributed by atoms with Crippen LogP contribution in [0.25, 0.3) is 0 Å². The number of aliphatic carboxylic acids is 1. The zero-order valence-corrected chi connectivity index (χ0v) is 15.7. The van der Waals surface area contributed by atoms with E-state index in [1.165, 1.54) is 0 Å². The maximum Gasteiger partial charge on any atom is 0.346 e. The van der Waals surface area contributed by atoms with Crippen molar-refractivity contribution in [2.24, 2.45) is 0 Å². The van der Waals surface area contributed by atoms with Gasteiger partial charge in [-0.15, -0.1) is 0 Å². The molecule has 0 saturated carbocycles. The molecule has 144 valence electrons. The van der Waals surface area contributed by atoms with Crippen molar-refractivity contribution < 1.29 is 19.7 Å². The Morgan fingerprint density at radius 3 is 1.82 bits per heavy atom. The first kappa shape index (κ1) is 19.5. The largest absolute Gasteiger partial charge is 0.478 e. The molecule has 6 heteroatoms. The highest BCUT2D eigenvalue weighted by atomic mass is 16.5. The van der Waals surface area contributed by atoms with E-state index in [4.69, 9.17) is 4.74 Å². The third-order valence-corrected chi connectivity index (χ3v) is 4.68. The van der Waals surface area contributed by atoms with Crippen LogP contribution in [0.15, 0.2) is 66.7 Å². The van der Waals surface area contributed by atoms with Crippen LogP contribution in [0.3, 0.4) is 0 Å². The summed E-state index contributed by atoms with van der Waals surface area (Å²) in [4.78, 5) is 20.8. The SMILES string of the molecule is Cc1cc(C)nc(O[C@H](C(=O)O)C(CO)(c2ccccc2)c2ccccc2)n1. The number of carbonyl (C=O) groups is 1. The highest BCUT2D eigenvalue weighted by Gasteiger charge is 2.48. The first-order valence-electron chi connectivity index (χ1n) is 8.91. The smallest absolute Gasteiger partial charge is 0.346 e. The average Bonchev–Trinajstić information content (AvgIpc) is 2.69. The standard InChI is InChI=1S/C22H22N2O4/c1-15-13-16(2)24-21(23-15)28-19(20(26)27)22(14-25,17-9-5-3-6-10-17)18-11-7-4-8-12-18/h3-13,19,25H,14H2,1-2H3,(H,26,27)/t19-/m1/s1. The van der Waals surface area contributed by atoms with Crippen molar-refractivity contribution in [1.82, 2.24) is 9.97 Å². The third-order valence-electron chi connectivity index (χ3n) is 4.68. The molecule has 2 N–H and O–H groups in total. The van der Waals surface area contributed by atoms with Crippen LogP contribution < -0.4 is 4.74 Å². The maximum absolute atomic E-state index is 12.3. The van der Waals surface area contributed by atoms with Crippen molar-refractivity contribution in [2.45, 2.75) is 25.4 Å². The Kier molecular flexibility index (Phi) is 5.70. The second-order valence-corrected chi connectivity index (χ2v) is 6.63. The fourth-order valence-corrected chi connectivity index (χ4v) is 3.42. The number of aromatic nitrogens is 2. The van der Waals surface area contributed by atoms with Gasteiger partial charge in [-0.05, 0) is 31.0 Å². The Morgan fingerprint density at radius 2 is 1.43 bits per heavy atom. The van der Waals surface area contributed by atoms with Crippen molar-refractivity contribution in [1.29, 1.82) is 0 Å². The molecule has 0 unspecified atom stereocenters. The van der Waals surface area contributed by atoms with Gasteiger partial charge in [0.2, 0.25) is 6.10 Å². The molecule has 0 spiro atoms. The molecule has 1 heterocycles. The number of hydrogen-bond donors (Lipinski definition) is 2. The van der Waals surface area contributed by atoms with Gasteiger partial charge in [0.15, 0.2) is 0 Å². The minimum Gasteiger partial charge on any atom is -0.478 e. The molecule has 2 aromatic carbocycles. The van der Waals surface area contributed by atoms with Gasteiger partial charge in [-0.25, -0.2) is 14.8 Å². The van der Waals surface area contributed by atoms with Crippen LogP contribution in [0.2, 0.25) is 0 Å². The van der Waals surface area contributed by atoms with Crippen LogP contribution in [-0.4, -0.2) is 38.9 Å². The molecule has 0 aliphatic heterocycles. The summed E-state index contributed by atoms with van der Waals surface area (Å²) in [5.41, 5.74) is 1.25. The predicted molar refractivity (Wildman–Crippen MR) is 104 cm³/mol. The molecule has 0 fully saturated rings. The topological polar surface area (TPSA) is 92.5 Å². The number of aliphatic hydroxyl groups excluding tert-OH is 1. The summed E-state index contributed by atoms with van der Waals surface area (Å²) < 4.78 is 5.82. The normalized spacial score (nSPS) is 12.4. The molecule has 0 radical (unpaired) electrons. The van der Waals surface area contributed by atoms with E-state index in [1.807, 2.05) is 12.1 Å². The summed E-state index contributed by atoms with van der Waals surface area (Å²) in [6.07, 6.45) is -1.44. The molecule has 0 aliphatic rings. The first-order valence-corrected chi connectivity index (χ1v) is 8.91. The number of carboxylic acids is 1. The number of ether oxygens (including phenoxy) is 1. The highest BCUT2D eigenvalue weighted by molar-refractivity contribution is 5.77. The number of carboxylic acid groups (broad SMARTS) is 1. The van der Waals surface area contributed by atoms with Gasteiger partial charge in [0.05, 0.1) is 12.0 Å². The minimum absolute atomic E-state index is 0.0328. The summed E-state index contributed by atoms with van der Waals surface area (Å²) in [6.45, 7) is 3.10. The Hall–Kier alpha value is -3.25. The summed E-state index contributed by atoms with van der Waals surface area (Å²) >= 11 is 0. The first-order chi connectivity index (χ1) is 13.5. The van der Waals surface area contributed by atoms with Gasteiger partial charge in [0.25, 0.3) is 0 Å². The zero-order valence-electron chi connectivity index (χ0n) is 15.7. The Balaban J connectivity index is 2.19. The lowest BCUT2D eigenvalue weighted by Crippen LogP contribution is -2.52. The number of aliphatic hydroxyl groups is 1. The van der Waals surface area contributed by atoms with E-state index in [0.717, 1.165) is 0 Å². The van der Waals surface area contributed by atoms with E-state index < -0.39 is 24.1 Å². The number of rotatable bonds is 7. The van der Waals surface area contributed by atoms with Gasteiger partial charge in [-0.1, -0.05) is 60.7 Å². The number of aryl methyl sites for hydroxylation is 2. The Bertz CT molecular complexity index is 886. The van der Waals surface area contributed by atoms with E-state index in [0.29, 0.717) is 22.5 Å². The maximum atomic E-state index is 12.3. The van der Waals surface area contributed by atoms with Gasteiger partial charge >= 0.3 is 12.0 Å². The van der Waals surface area contributed by atoms with Crippen molar-refractivity contribution in [3.05, 3.63) is 89.2 Å². The zero-order chi connectivity index (χ0) is 20.1. The van der Waals surface area contributed by atoms with Gasteiger partial charge in [-0.3, -0.25) is 0 Å². The molecule has 3 rings (SSSR count). The van der Waals surface area contributed by atoms with E-state index in [-0.39, 0.29) is 6.01 Å². The molecular formula is C22H22N2O4. The molecule has 0 saturated heterocycles. The average molecular weight is 378 g/mol. The summed E-state index contributed by atoms with van der Waals surface area (Å²) in [7, 11) is 0. The van der Waals surface area contributed by atoms with Gasteiger partial charge in [-0.2, -0.15) is 0 Å². The molecule has 0 aliphatic carbocycles. The molecule has 0 amide bonds. The van der Waals surface area contributed by atoms with Gasteiger partial charge in [0.1, 0.15) is 0 Å². The number of benzene rings is 2. The third kappa shape index (κ3) is 3.73. The lowest BCUT2D eigenvalue weighted by Gasteiger charge is -2.37. The van der Waals surface area contributed by atoms with Crippen molar-refractivity contribution in [2.75, 3.05) is 6.61 Å². The molecular weight excluding hydrogens is 356 g/mol. The molecule has 6 nitrogen and oxygen atoms in total. The fourth-order valence-electron chi connectivity index (χ4n) is 3.42. The van der Waals surface area contributed by atoms with Crippen molar-refractivity contribution in [3.63, 3.8) is 0 Å². The van der Waals surface area contributed by atoms with Crippen LogP contribution in [0, 0.1) is 13.8 Å². The van der Waals surface area contributed by atoms with Crippen LogP contribution in [-0.2, 0) is 10.2 Å². The molecule has 1 aromatic heterocycles. The lowest BCUT2D eigenvalue weighted by molar-refractivity contribution is -0.149. The van der Waals surface area contributed by atoms with Gasteiger partial charge < -0.3 is 14.9 Å². The lowest BCUT2D eigenvalue weighted by atomic mass is 9.70. The van der Waals surface area contributed by atoms with Crippen LogP contribution in [0.5, 0.6) is 6.01 Å². The molecule has 3 aromatic rings. The Morgan fingerprint density at radius 1 is 0.964 bits per heavy atom. The Labute approximate surface area is 163 Å². The van der Waals surface area contributed by atoms with Crippen molar-refractivity contribution >= 4 is 5.97 Å². The molecule has 1 atom stereocenters.